The van der Waals surface area contributed by atoms with Crippen LogP contribution in [-0.2, 0) is 6.54 Å². The van der Waals surface area contributed by atoms with Gasteiger partial charge in [-0.1, -0.05) is 6.07 Å². The third kappa shape index (κ3) is 3.21. The van der Waals surface area contributed by atoms with E-state index >= 15 is 0 Å². The van der Waals surface area contributed by atoms with Gasteiger partial charge in [0, 0.05) is 56.8 Å². The van der Waals surface area contributed by atoms with Crippen molar-refractivity contribution in [3.8, 4) is 0 Å². The quantitative estimate of drug-likeness (QED) is 0.792. The minimum Gasteiger partial charge on any atom is -0.478 e. The van der Waals surface area contributed by atoms with E-state index in [4.69, 9.17) is 0 Å². The van der Waals surface area contributed by atoms with E-state index in [0.29, 0.717) is 5.56 Å². The van der Waals surface area contributed by atoms with E-state index in [0.717, 1.165) is 44.1 Å². The summed E-state index contributed by atoms with van der Waals surface area (Å²) >= 11 is 0. The number of aromatic nitrogens is 2. The van der Waals surface area contributed by atoms with E-state index < -0.39 is 5.97 Å². The lowest BCUT2D eigenvalue weighted by Crippen LogP contribution is -2.46. The fraction of sp³-hybridized carbons (Fsp3) is 0.263. The molecule has 1 N–H and O–H groups in total. The SMILES string of the molecule is O=C(O)c1ccc2ccc(N3CCN(Cc4cccnc4)CC3)n2c1. The Hall–Kier alpha value is -2.86. The molecule has 0 radical (unpaired) electrons. The van der Waals surface area contributed by atoms with Gasteiger partial charge in [-0.15, -0.1) is 0 Å². The molecule has 1 fully saturated rings. The standard InChI is InChI=1S/C19H20N4O2/c24-19(25)16-3-4-17-5-6-18(23(17)14-16)22-10-8-21(9-11-22)13-15-2-1-7-20-12-15/h1-7,12,14H,8-11,13H2,(H,24,25). The highest BCUT2D eigenvalue weighted by molar-refractivity contribution is 5.88. The number of aromatic carboxylic acids is 1. The molecule has 0 amide bonds. The molecule has 6 heteroatoms. The van der Waals surface area contributed by atoms with Gasteiger partial charge in [-0.25, -0.2) is 4.79 Å². The highest BCUT2D eigenvalue weighted by Crippen LogP contribution is 2.22. The number of pyridine rings is 2. The summed E-state index contributed by atoms with van der Waals surface area (Å²) in [6.45, 7) is 4.70. The lowest BCUT2D eigenvalue weighted by Gasteiger charge is -2.35. The molecular formula is C19H20N4O2. The second kappa shape index (κ2) is 6.57. The second-order valence-electron chi connectivity index (χ2n) is 6.33. The Morgan fingerprint density at radius 2 is 1.88 bits per heavy atom. The van der Waals surface area contributed by atoms with Gasteiger partial charge >= 0.3 is 5.97 Å². The topological polar surface area (TPSA) is 61.1 Å². The third-order valence-electron chi connectivity index (χ3n) is 4.70. The average molecular weight is 336 g/mol. The van der Waals surface area contributed by atoms with Crippen LogP contribution in [0.3, 0.4) is 0 Å². The van der Waals surface area contributed by atoms with Crippen LogP contribution in [-0.4, -0.2) is 51.5 Å². The summed E-state index contributed by atoms with van der Waals surface area (Å²) in [5, 5.41) is 9.22. The molecule has 0 spiro atoms. The number of carboxylic acid groups (broad SMARTS) is 1. The first-order valence-corrected chi connectivity index (χ1v) is 8.41. The van der Waals surface area contributed by atoms with Crippen LogP contribution in [0, 0.1) is 0 Å². The van der Waals surface area contributed by atoms with Crippen LogP contribution in [0.2, 0.25) is 0 Å². The number of carbonyl (C=O) groups is 1. The summed E-state index contributed by atoms with van der Waals surface area (Å²) in [5.41, 5.74) is 2.55. The van der Waals surface area contributed by atoms with Crippen molar-refractivity contribution < 1.29 is 9.90 Å². The first-order valence-electron chi connectivity index (χ1n) is 8.41. The molecule has 3 aromatic rings. The molecule has 1 saturated heterocycles. The van der Waals surface area contributed by atoms with Gasteiger partial charge in [0.1, 0.15) is 5.82 Å². The predicted molar refractivity (Wildman–Crippen MR) is 96.1 cm³/mol. The molecule has 6 nitrogen and oxygen atoms in total. The fourth-order valence-corrected chi connectivity index (χ4v) is 3.36. The molecule has 1 aliphatic rings. The van der Waals surface area contributed by atoms with Crippen LogP contribution >= 0.6 is 0 Å². The van der Waals surface area contributed by atoms with Gasteiger partial charge in [-0.3, -0.25) is 9.88 Å². The molecule has 25 heavy (non-hydrogen) atoms. The first kappa shape index (κ1) is 15.7. The number of rotatable bonds is 4. The Kier molecular flexibility index (Phi) is 4.11. The summed E-state index contributed by atoms with van der Waals surface area (Å²) in [6.07, 6.45) is 5.42. The molecule has 4 rings (SSSR count). The fourth-order valence-electron chi connectivity index (χ4n) is 3.36. The minimum atomic E-state index is -0.900. The molecule has 0 atom stereocenters. The van der Waals surface area contributed by atoms with Gasteiger partial charge in [-0.05, 0) is 35.9 Å². The van der Waals surface area contributed by atoms with Crippen LogP contribution in [0.15, 0.2) is 55.0 Å². The maximum atomic E-state index is 11.2. The Labute approximate surface area is 145 Å². The van der Waals surface area contributed by atoms with Gasteiger partial charge in [0.2, 0.25) is 0 Å². The second-order valence-corrected chi connectivity index (χ2v) is 6.33. The summed E-state index contributed by atoms with van der Waals surface area (Å²) in [4.78, 5) is 20.1. The largest absolute Gasteiger partial charge is 0.478 e. The molecule has 0 saturated carbocycles. The zero-order valence-corrected chi connectivity index (χ0v) is 13.9. The smallest absolute Gasteiger partial charge is 0.337 e. The predicted octanol–water partition coefficient (Wildman–Crippen LogP) is 2.35. The monoisotopic (exact) mass is 336 g/mol. The van der Waals surface area contributed by atoms with E-state index in [2.05, 4.69) is 26.9 Å². The minimum absolute atomic E-state index is 0.306. The Morgan fingerprint density at radius 1 is 1.08 bits per heavy atom. The highest BCUT2D eigenvalue weighted by atomic mass is 16.4. The highest BCUT2D eigenvalue weighted by Gasteiger charge is 2.19. The van der Waals surface area contributed by atoms with Crippen LogP contribution in [0.25, 0.3) is 5.52 Å². The van der Waals surface area contributed by atoms with Crippen LogP contribution in [0.4, 0.5) is 5.82 Å². The molecule has 0 aliphatic carbocycles. The van der Waals surface area contributed by atoms with Crippen molar-refractivity contribution >= 4 is 17.3 Å². The van der Waals surface area contributed by atoms with Crippen molar-refractivity contribution in [2.45, 2.75) is 6.54 Å². The normalized spacial score (nSPS) is 15.6. The summed E-state index contributed by atoms with van der Waals surface area (Å²) in [5.74, 6) is 0.155. The molecule has 0 bridgehead atoms. The number of hydrogen-bond donors (Lipinski definition) is 1. The maximum absolute atomic E-state index is 11.2. The molecule has 4 heterocycles. The van der Waals surface area contributed by atoms with E-state index in [1.54, 1.807) is 18.5 Å². The number of piperazine rings is 1. The van der Waals surface area contributed by atoms with Gasteiger partial charge in [0.25, 0.3) is 0 Å². The van der Waals surface area contributed by atoms with E-state index in [9.17, 15) is 9.90 Å². The Balaban J connectivity index is 1.48. The maximum Gasteiger partial charge on any atom is 0.337 e. The van der Waals surface area contributed by atoms with E-state index in [-0.39, 0.29) is 0 Å². The van der Waals surface area contributed by atoms with Crippen molar-refractivity contribution in [3.63, 3.8) is 0 Å². The summed E-state index contributed by atoms with van der Waals surface area (Å²) < 4.78 is 1.97. The van der Waals surface area contributed by atoms with Crippen LogP contribution < -0.4 is 4.90 Å². The molecule has 1 aliphatic heterocycles. The number of carboxylic acids is 1. The van der Waals surface area contributed by atoms with Crippen molar-refractivity contribution in [2.75, 3.05) is 31.1 Å². The number of hydrogen-bond acceptors (Lipinski definition) is 4. The summed E-state index contributed by atoms with van der Waals surface area (Å²) in [6, 6.07) is 11.7. The molecule has 3 aromatic heterocycles. The van der Waals surface area contributed by atoms with Gasteiger partial charge < -0.3 is 14.4 Å². The van der Waals surface area contributed by atoms with Crippen LogP contribution in [0.5, 0.6) is 0 Å². The average Bonchev–Trinajstić information content (AvgIpc) is 3.06. The summed E-state index contributed by atoms with van der Waals surface area (Å²) in [7, 11) is 0. The Morgan fingerprint density at radius 3 is 2.60 bits per heavy atom. The third-order valence-corrected chi connectivity index (χ3v) is 4.70. The first-order chi connectivity index (χ1) is 12.2. The van der Waals surface area contributed by atoms with E-state index in [1.165, 1.54) is 5.56 Å². The van der Waals surface area contributed by atoms with Crippen LogP contribution in [0.1, 0.15) is 15.9 Å². The number of fused-ring (bicyclic) bond motifs is 1. The molecular weight excluding hydrogens is 316 g/mol. The zero-order chi connectivity index (χ0) is 17.2. The molecule has 0 aromatic carbocycles. The molecule has 0 unspecified atom stereocenters. The number of anilines is 1. The van der Waals surface area contributed by atoms with Gasteiger partial charge in [0.15, 0.2) is 0 Å². The van der Waals surface area contributed by atoms with Crippen molar-refractivity contribution in [1.29, 1.82) is 0 Å². The van der Waals surface area contributed by atoms with Gasteiger partial charge in [0.05, 0.1) is 5.56 Å². The van der Waals surface area contributed by atoms with Crippen molar-refractivity contribution in [1.82, 2.24) is 14.3 Å². The number of nitrogens with zero attached hydrogens (tertiary/aromatic N) is 4. The lowest BCUT2D eigenvalue weighted by molar-refractivity contribution is 0.0696. The zero-order valence-electron chi connectivity index (χ0n) is 13.9. The van der Waals surface area contributed by atoms with Gasteiger partial charge in [-0.2, -0.15) is 0 Å². The van der Waals surface area contributed by atoms with Crippen molar-refractivity contribution in [3.05, 3.63) is 66.1 Å². The molecule has 128 valence electrons. The van der Waals surface area contributed by atoms with E-state index in [1.807, 2.05) is 28.8 Å². The Bertz CT molecular complexity index is 883. The lowest BCUT2D eigenvalue weighted by atomic mass is 10.2. The van der Waals surface area contributed by atoms with Crippen molar-refractivity contribution in [2.24, 2.45) is 0 Å².